The van der Waals surface area contributed by atoms with Gasteiger partial charge in [0, 0.05) is 24.9 Å². The molecule has 1 amide bonds. The SMILES string of the molecule is CCN(C(=O)c1nc(C)oc1C)C(C)[C@@]12CC[C@@H](c3cc(-c4c(F)cccc4F)nnc31)C2(C)C. The molecule has 0 radical (unpaired) electrons. The molecule has 0 aliphatic heterocycles. The Bertz CT molecular complexity index is 1310. The van der Waals surface area contributed by atoms with Crippen LogP contribution in [0.3, 0.4) is 0 Å². The Hall–Kier alpha value is -3.16. The Balaban J connectivity index is 1.61. The van der Waals surface area contributed by atoms with Gasteiger partial charge in [-0.1, -0.05) is 19.9 Å². The number of amides is 1. The summed E-state index contributed by atoms with van der Waals surface area (Å²) in [5.41, 5.74) is 1.47. The molecule has 0 spiro atoms. The van der Waals surface area contributed by atoms with Crippen molar-refractivity contribution in [2.45, 2.75) is 71.8 Å². The van der Waals surface area contributed by atoms with Gasteiger partial charge in [0.1, 0.15) is 17.4 Å². The lowest BCUT2D eigenvalue weighted by molar-refractivity contribution is 0.0441. The summed E-state index contributed by atoms with van der Waals surface area (Å²) in [6.07, 6.45) is 1.75. The monoisotopic (exact) mass is 480 g/mol. The third-order valence-corrected chi connectivity index (χ3v) is 8.58. The molecular weight excluding hydrogens is 450 g/mol. The molecule has 6 nitrogen and oxygen atoms in total. The first-order valence-corrected chi connectivity index (χ1v) is 12.1. The molecule has 1 fully saturated rings. The van der Waals surface area contributed by atoms with E-state index in [1.54, 1.807) is 19.9 Å². The van der Waals surface area contributed by atoms with Crippen molar-refractivity contribution in [1.82, 2.24) is 20.1 Å². The van der Waals surface area contributed by atoms with Crippen LogP contribution in [0.5, 0.6) is 0 Å². The lowest BCUT2D eigenvalue weighted by atomic mass is 9.64. The summed E-state index contributed by atoms with van der Waals surface area (Å²) >= 11 is 0. The molecule has 2 bridgehead atoms. The zero-order chi connectivity index (χ0) is 25.3. The molecule has 0 saturated heterocycles. The quantitative estimate of drug-likeness (QED) is 0.466. The average molecular weight is 481 g/mol. The summed E-state index contributed by atoms with van der Waals surface area (Å²) in [6, 6.07) is 5.39. The molecule has 1 unspecified atom stereocenters. The van der Waals surface area contributed by atoms with Crippen LogP contribution in [0.15, 0.2) is 28.7 Å². The Morgan fingerprint density at radius 2 is 1.91 bits per heavy atom. The van der Waals surface area contributed by atoms with E-state index in [0.29, 0.717) is 23.9 Å². The van der Waals surface area contributed by atoms with Gasteiger partial charge in [-0.2, -0.15) is 10.2 Å². The van der Waals surface area contributed by atoms with Gasteiger partial charge in [0.2, 0.25) is 0 Å². The number of oxazole rings is 1. The summed E-state index contributed by atoms with van der Waals surface area (Å²) < 4.78 is 34.5. The van der Waals surface area contributed by atoms with Crippen LogP contribution < -0.4 is 0 Å². The van der Waals surface area contributed by atoms with Crippen LogP contribution in [0.1, 0.15) is 79.9 Å². The van der Waals surface area contributed by atoms with Crippen LogP contribution in [0.2, 0.25) is 0 Å². The van der Waals surface area contributed by atoms with Crippen LogP contribution in [0, 0.1) is 30.9 Å². The van der Waals surface area contributed by atoms with Gasteiger partial charge in [-0.05, 0) is 68.7 Å². The van der Waals surface area contributed by atoms with Crippen LogP contribution in [0.4, 0.5) is 8.78 Å². The Morgan fingerprint density at radius 3 is 2.51 bits per heavy atom. The van der Waals surface area contributed by atoms with E-state index in [4.69, 9.17) is 4.42 Å². The highest BCUT2D eigenvalue weighted by molar-refractivity contribution is 5.93. The summed E-state index contributed by atoms with van der Waals surface area (Å²) in [7, 11) is 0. The Labute approximate surface area is 203 Å². The van der Waals surface area contributed by atoms with Crippen molar-refractivity contribution in [3.05, 3.63) is 64.5 Å². The molecule has 35 heavy (non-hydrogen) atoms. The second-order valence-corrected chi connectivity index (χ2v) is 10.3. The number of carbonyl (C=O) groups excluding carboxylic acids is 1. The lowest BCUT2D eigenvalue weighted by Gasteiger charge is -2.47. The number of likely N-dealkylation sites (N-methyl/N-ethyl adjacent to an activating group) is 1. The maximum atomic E-state index is 14.5. The molecule has 2 heterocycles. The highest BCUT2D eigenvalue weighted by atomic mass is 19.1. The normalized spacial score (nSPS) is 22.8. The molecule has 1 saturated carbocycles. The highest BCUT2D eigenvalue weighted by Crippen LogP contribution is 2.69. The van der Waals surface area contributed by atoms with E-state index < -0.39 is 17.0 Å². The molecule has 8 heteroatoms. The number of halogens is 2. The van der Waals surface area contributed by atoms with Crippen LogP contribution >= 0.6 is 0 Å². The van der Waals surface area contributed by atoms with Gasteiger partial charge < -0.3 is 9.32 Å². The smallest absolute Gasteiger partial charge is 0.276 e. The molecule has 2 aliphatic carbocycles. The summed E-state index contributed by atoms with van der Waals surface area (Å²) in [4.78, 5) is 19.8. The molecular formula is C27H30F2N4O2. The van der Waals surface area contributed by atoms with Crippen molar-refractivity contribution in [3.63, 3.8) is 0 Å². The first-order valence-electron chi connectivity index (χ1n) is 12.1. The Morgan fingerprint density at radius 1 is 1.23 bits per heavy atom. The molecule has 3 atom stereocenters. The maximum Gasteiger partial charge on any atom is 0.276 e. The number of fused-ring (bicyclic) bond motifs is 5. The predicted octanol–water partition coefficient (Wildman–Crippen LogP) is 5.73. The van der Waals surface area contributed by atoms with E-state index in [-0.39, 0.29) is 34.5 Å². The molecule has 0 N–H and O–H groups in total. The Kier molecular flexibility index (Phi) is 5.34. The third-order valence-electron chi connectivity index (χ3n) is 8.58. The average Bonchev–Trinajstić information content (AvgIpc) is 3.35. The van der Waals surface area contributed by atoms with E-state index in [1.807, 2.05) is 11.8 Å². The first kappa shape index (κ1) is 23.6. The summed E-state index contributed by atoms with van der Waals surface area (Å²) in [6.45, 7) is 12.4. The summed E-state index contributed by atoms with van der Waals surface area (Å²) in [5.74, 6) is -0.388. The van der Waals surface area contributed by atoms with E-state index >= 15 is 0 Å². The predicted molar refractivity (Wildman–Crippen MR) is 127 cm³/mol. The van der Waals surface area contributed by atoms with E-state index in [2.05, 4.69) is 36.0 Å². The van der Waals surface area contributed by atoms with Crippen molar-refractivity contribution in [2.75, 3.05) is 6.54 Å². The standard InChI is InChI=1S/C27H30F2N4O2/c1-7-33(25(34)23-14(2)35-16(4)30-23)15(3)27-12-11-18(26(27,5)6)17-13-21(31-32-24(17)27)22-19(28)9-8-10-20(22)29/h8-10,13,15,18H,7,11-12H2,1-6H3/t15?,18-,27-/m0/s1. The lowest BCUT2D eigenvalue weighted by Crippen LogP contribution is -2.55. The van der Waals surface area contributed by atoms with Crippen LogP contribution in [-0.4, -0.2) is 38.6 Å². The highest BCUT2D eigenvalue weighted by Gasteiger charge is 2.66. The van der Waals surface area contributed by atoms with Gasteiger partial charge >= 0.3 is 0 Å². The van der Waals surface area contributed by atoms with Crippen molar-refractivity contribution in [3.8, 4) is 11.3 Å². The molecule has 1 aromatic carbocycles. The van der Waals surface area contributed by atoms with E-state index in [1.165, 1.54) is 18.2 Å². The molecule has 2 aliphatic rings. The number of benzene rings is 1. The van der Waals surface area contributed by atoms with Crippen molar-refractivity contribution >= 4 is 5.91 Å². The number of aromatic nitrogens is 3. The largest absolute Gasteiger partial charge is 0.445 e. The van der Waals surface area contributed by atoms with Gasteiger partial charge in [0.05, 0.1) is 17.0 Å². The number of hydrogen-bond donors (Lipinski definition) is 0. The third kappa shape index (κ3) is 3.11. The van der Waals surface area contributed by atoms with Crippen LogP contribution in [0.25, 0.3) is 11.3 Å². The molecule has 3 aromatic rings. The first-order chi connectivity index (χ1) is 16.5. The minimum Gasteiger partial charge on any atom is -0.445 e. The van der Waals surface area contributed by atoms with Crippen molar-refractivity contribution in [1.29, 1.82) is 0 Å². The van der Waals surface area contributed by atoms with Gasteiger partial charge in [-0.3, -0.25) is 4.79 Å². The van der Waals surface area contributed by atoms with E-state index in [0.717, 1.165) is 24.1 Å². The molecule has 184 valence electrons. The number of rotatable bonds is 5. The molecule has 5 rings (SSSR count). The second-order valence-electron chi connectivity index (χ2n) is 10.3. The number of carbonyl (C=O) groups is 1. The summed E-state index contributed by atoms with van der Waals surface area (Å²) in [5, 5.41) is 8.90. The van der Waals surface area contributed by atoms with Gasteiger partial charge in [-0.25, -0.2) is 13.8 Å². The number of hydrogen-bond acceptors (Lipinski definition) is 5. The minimum absolute atomic E-state index is 0.147. The fourth-order valence-corrected chi connectivity index (χ4v) is 6.88. The fraction of sp³-hybridized carbons (Fsp3) is 0.481. The zero-order valence-electron chi connectivity index (χ0n) is 20.9. The van der Waals surface area contributed by atoms with Crippen molar-refractivity contribution in [2.24, 2.45) is 5.41 Å². The van der Waals surface area contributed by atoms with Crippen LogP contribution in [-0.2, 0) is 5.41 Å². The minimum atomic E-state index is -0.661. The zero-order valence-corrected chi connectivity index (χ0v) is 20.9. The maximum absolute atomic E-state index is 14.5. The second kappa shape index (κ2) is 7.93. The van der Waals surface area contributed by atoms with E-state index in [9.17, 15) is 13.6 Å². The number of nitrogens with zero attached hydrogens (tertiary/aromatic N) is 4. The molecule has 2 aromatic heterocycles. The van der Waals surface area contributed by atoms with Crippen molar-refractivity contribution < 1.29 is 18.0 Å². The van der Waals surface area contributed by atoms with Gasteiger partial charge in [0.15, 0.2) is 11.6 Å². The topological polar surface area (TPSA) is 72.1 Å². The van der Waals surface area contributed by atoms with Gasteiger partial charge in [0.25, 0.3) is 5.91 Å². The van der Waals surface area contributed by atoms with Gasteiger partial charge in [-0.15, -0.1) is 0 Å². The number of aryl methyl sites for hydroxylation is 2. The fourth-order valence-electron chi connectivity index (χ4n) is 6.88.